The molecule has 2 N–H and O–H groups in total. The Kier molecular flexibility index (Phi) is 2.66. The van der Waals surface area contributed by atoms with Crippen LogP contribution in [0.15, 0.2) is 0 Å². The first-order chi connectivity index (χ1) is 7.75. The van der Waals surface area contributed by atoms with E-state index in [1.165, 1.54) is 25.7 Å². The Morgan fingerprint density at radius 1 is 1.44 bits per heavy atom. The highest BCUT2D eigenvalue weighted by molar-refractivity contribution is 5.82. The van der Waals surface area contributed by atoms with Crippen LogP contribution in [0.25, 0.3) is 0 Å². The first kappa shape index (κ1) is 10.6. The molecule has 0 radical (unpaired) electrons. The van der Waals surface area contributed by atoms with Crippen molar-refractivity contribution in [3.05, 3.63) is 0 Å². The molecule has 16 heavy (non-hydrogen) atoms. The smallest absolute Gasteiger partial charge is 0.237 e. The SMILES string of the molecule is CC1CC1CNC(=O)C1NCC2CCCC21. The molecule has 3 nitrogen and oxygen atoms in total. The number of carbonyl (C=O) groups excluding carboxylic acids is 1. The predicted octanol–water partition coefficient (Wildman–Crippen LogP) is 1.15. The van der Waals surface area contributed by atoms with Crippen LogP contribution in [0.2, 0.25) is 0 Å². The molecule has 3 heteroatoms. The van der Waals surface area contributed by atoms with Crippen LogP contribution in [-0.2, 0) is 4.79 Å². The predicted molar refractivity (Wildman–Crippen MR) is 62.9 cm³/mol. The zero-order chi connectivity index (χ0) is 11.1. The van der Waals surface area contributed by atoms with Gasteiger partial charge in [-0.25, -0.2) is 0 Å². The lowest BCUT2D eigenvalue weighted by Gasteiger charge is -2.17. The summed E-state index contributed by atoms with van der Waals surface area (Å²) in [5.41, 5.74) is 0. The zero-order valence-electron chi connectivity index (χ0n) is 10.0. The molecule has 0 spiro atoms. The van der Waals surface area contributed by atoms with Gasteiger partial charge in [-0.05, 0) is 49.5 Å². The second-order valence-corrected chi connectivity index (χ2v) is 5.96. The fourth-order valence-electron chi connectivity index (χ4n) is 3.50. The summed E-state index contributed by atoms with van der Waals surface area (Å²) in [5, 5.41) is 6.53. The van der Waals surface area contributed by atoms with Crippen LogP contribution in [0.3, 0.4) is 0 Å². The van der Waals surface area contributed by atoms with Crippen LogP contribution in [0.5, 0.6) is 0 Å². The molecule has 2 aliphatic carbocycles. The molecule has 1 amide bonds. The van der Waals surface area contributed by atoms with E-state index in [0.717, 1.165) is 30.8 Å². The van der Waals surface area contributed by atoms with E-state index >= 15 is 0 Å². The van der Waals surface area contributed by atoms with Gasteiger partial charge in [0, 0.05) is 6.54 Å². The fourth-order valence-corrected chi connectivity index (χ4v) is 3.50. The minimum Gasteiger partial charge on any atom is -0.354 e. The number of fused-ring (bicyclic) bond motifs is 1. The monoisotopic (exact) mass is 222 g/mol. The zero-order valence-corrected chi connectivity index (χ0v) is 10.0. The summed E-state index contributed by atoms with van der Waals surface area (Å²) in [5.74, 6) is 3.24. The Morgan fingerprint density at radius 2 is 2.25 bits per heavy atom. The van der Waals surface area contributed by atoms with Gasteiger partial charge in [-0.15, -0.1) is 0 Å². The molecule has 1 aliphatic heterocycles. The van der Waals surface area contributed by atoms with Crippen LogP contribution >= 0.6 is 0 Å². The highest BCUT2D eigenvalue weighted by Crippen LogP contribution is 2.38. The van der Waals surface area contributed by atoms with Crippen molar-refractivity contribution in [1.82, 2.24) is 10.6 Å². The standard InChI is InChI=1S/C13H22N2O/c1-8-5-10(8)7-15-13(16)12-11-4-2-3-9(11)6-14-12/h8-12,14H,2-7H2,1H3,(H,15,16). The van der Waals surface area contributed by atoms with E-state index in [1.807, 2.05) is 0 Å². The van der Waals surface area contributed by atoms with Crippen molar-refractivity contribution in [2.45, 2.75) is 38.6 Å². The molecule has 3 aliphatic rings. The van der Waals surface area contributed by atoms with Crippen LogP contribution in [0, 0.1) is 23.7 Å². The van der Waals surface area contributed by atoms with Gasteiger partial charge in [-0.2, -0.15) is 0 Å². The quantitative estimate of drug-likeness (QED) is 0.752. The van der Waals surface area contributed by atoms with Gasteiger partial charge in [0.05, 0.1) is 6.04 Å². The summed E-state index contributed by atoms with van der Waals surface area (Å²) in [6.45, 7) is 4.22. The Labute approximate surface area is 97.4 Å². The third kappa shape index (κ3) is 1.86. The highest BCUT2D eigenvalue weighted by Gasteiger charge is 2.42. The van der Waals surface area contributed by atoms with E-state index < -0.39 is 0 Å². The Balaban J connectivity index is 1.50. The number of hydrogen-bond acceptors (Lipinski definition) is 2. The van der Waals surface area contributed by atoms with Crippen molar-refractivity contribution in [2.75, 3.05) is 13.1 Å². The van der Waals surface area contributed by atoms with Crippen molar-refractivity contribution in [2.24, 2.45) is 23.7 Å². The molecule has 3 rings (SSSR count). The summed E-state index contributed by atoms with van der Waals surface area (Å²) >= 11 is 0. The van der Waals surface area contributed by atoms with E-state index in [1.54, 1.807) is 0 Å². The first-order valence-corrected chi connectivity index (χ1v) is 6.77. The van der Waals surface area contributed by atoms with E-state index in [9.17, 15) is 4.79 Å². The van der Waals surface area contributed by atoms with Gasteiger partial charge in [0.2, 0.25) is 5.91 Å². The van der Waals surface area contributed by atoms with Gasteiger partial charge >= 0.3 is 0 Å². The molecule has 3 fully saturated rings. The average molecular weight is 222 g/mol. The largest absolute Gasteiger partial charge is 0.354 e. The number of hydrogen-bond donors (Lipinski definition) is 2. The van der Waals surface area contributed by atoms with E-state index in [4.69, 9.17) is 0 Å². The minimum atomic E-state index is 0.113. The Bertz CT molecular complexity index is 292. The van der Waals surface area contributed by atoms with Crippen LogP contribution < -0.4 is 10.6 Å². The van der Waals surface area contributed by atoms with Crippen LogP contribution in [0.4, 0.5) is 0 Å². The van der Waals surface area contributed by atoms with Gasteiger partial charge in [0.25, 0.3) is 0 Å². The molecule has 90 valence electrons. The Hall–Kier alpha value is -0.570. The molecule has 1 heterocycles. The first-order valence-electron chi connectivity index (χ1n) is 6.77. The average Bonchev–Trinajstić information content (AvgIpc) is 2.68. The maximum Gasteiger partial charge on any atom is 0.237 e. The van der Waals surface area contributed by atoms with Gasteiger partial charge in [0.1, 0.15) is 0 Å². The third-order valence-electron chi connectivity index (χ3n) is 4.84. The fraction of sp³-hybridized carbons (Fsp3) is 0.923. The molecule has 0 aromatic rings. The van der Waals surface area contributed by atoms with Gasteiger partial charge in [-0.1, -0.05) is 13.3 Å². The maximum absolute atomic E-state index is 12.1. The molecule has 2 saturated carbocycles. The summed E-state index contributed by atoms with van der Waals surface area (Å²) < 4.78 is 0. The van der Waals surface area contributed by atoms with Gasteiger partial charge in [-0.3, -0.25) is 4.79 Å². The molecule has 5 atom stereocenters. The second-order valence-electron chi connectivity index (χ2n) is 5.96. The van der Waals surface area contributed by atoms with Crippen molar-refractivity contribution >= 4 is 5.91 Å². The number of carbonyl (C=O) groups is 1. The lowest BCUT2D eigenvalue weighted by atomic mass is 9.93. The van der Waals surface area contributed by atoms with Crippen molar-refractivity contribution in [3.8, 4) is 0 Å². The van der Waals surface area contributed by atoms with E-state index in [-0.39, 0.29) is 11.9 Å². The summed E-state index contributed by atoms with van der Waals surface area (Å²) in [4.78, 5) is 12.1. The number of amides is 1. The summed E-state index contributed by atoms with van der Waals surface area (Å²) in [6.07, 6.45) is 5.18. The van der Waals surface area contributed by atoms with Gasteiger partial charge in [0.15, 0.2) is 0 Å². The lowest BCUT2D eigenvalue weighted by molar-refractivity contribution is -0.123. The second kappa shape index (κ2) is 4.02. The van der Waals surface area contributed by atoms with Crippen LogP contribution in [0.1, 0.15) is 32.6 Å². The number of rotatable bonds is 3. The molecular formula is C13H22N2O. The third-order valence-corrected chi connectivity index (χ3v) is 4.84. The maximum atomic E-state index is 12.1. The minimum absolute atomic E-state index is 0.113. The normalized spacial score (nSPS) is 45.4. The van der Waals surface area contributed by atoms with E-state index in [0.29, 0.717) is 5.92 Å². The van der Waals surface area contributed by atoms with Crippen molar-refractivity contribution in [3.63, 3.8) is 0 Å². The topological polar surface area (TPSA) is 41.1 Å². The summed E-state index contributed by atoms with van der Waals surface area (Å²) in [7, 11) is 0. The highest BCUT2D eigenvalue weighted by atomic mass is 16.2. The Morgan fingerprint density at radius 3 is 3.00 bits per heavy atom. The van der Waals surface area contributed by atoms with E-state index in [2.05, 4.69) is 17.6 Å². The van der Waals surface area contributed by atoms with Crippen molar-refractivity contribution < 1.29 is 4.79 Å². The van der Waals surface area contributed by atoms with Gasteiger partial charge < -0.3 is 10.6 Å². The molecule has 0 bridgehead atoms. The molecular weight excluding hydrogens is 200 g/mol. The van der Waals surface area contributed by atoms with Crippen LogP contribution in [-0.4, -0.2) is 25.0 Å². The molecule has 0 aromatic carbocycles. The summed E-state index contributed by atoms with van der Waals surface area (Å²) in [6, 6.07) is 0.113. The molecule has 0 aromatic heterocycles. The number of nitrogens with one attached hydrogen (secondary N) is 2. The lowest BCUT2D eigenvalue weighted by Crippen LogP contribution is -2.44. The molecule has 1 saturated heterocycles. The van der Waals surface area contributed by atoms with Crippen molar-refractivity contribution in [1.29, 1.82) is 0 Å². The molecule has 5 unspecified atom stereocenters.